The second kappa shape index (κ2) is 7.28. The molecule has 0 fully saturated rings. The van der Waals surface area contributed by atoms with Crippen molar-refractivity contribution < 1.29 is 9.15 Å². The van der Waals surface area contributed by atoms with Gasteiger partial charge in [-0.05, 0) is 12.1 Å². The summed E-state index contributed by atoms with van der Waals surface area (Å²) >= 11 is 5.95. The summed E-state index contributed by atoms with van der Waals surface area (Å²) in [4.78, 5) is 4.26. The number of oxazole rings is 1. The molecule has 0 spiro atoms. The molecule has 0 saturated carbocycles. The fourth-order valence-electron chi connectivity index (χ4n) is 1.70. The Hall–Kier alpha value is -1.36. The molecule has 0 amide bonds. The van der Waals surface area contributed by atoms with Crippen LogP contribution < -0.4 is 5.32 Å². The van der Waals surface area contributed by atoms with Crippen LogP contribution in [0.1, 0.15) is 5.89 Å². The van der Waals surface area contributed by atoms with E-state index in [1.165, 1.54) is 0 Å². The van der Waals surface area contributed by atoms with Crippen LogP contribution in [-0.2, 0) is 11.2 Å². The van der Waals surface area contributed by atoms with Gasteiger partial charge < -0.3 is 14.5 Å². The van der Waals surface area contributed by atoms with Crippen LogP contribution in [0.25, 0.3) is 11.3 Å². The predicted molar refractivity (Wildman–Crippen MR) is 75.4 cm³/mol. The number of ether oxygens (including phenoxy) is 1. The lowest BCUT2D eigenvalue weighted by molar-refractivity contribution is 0.199. The van der Waals surface area contributed by atoms with Gasteiger partial charge in [0.2, 0.25) is 0 Å². The first-order valence-electron chi connectivity index (χ1n) is 6.20. The van der Waals surface area contributed by atoms with Gasteiger partial charge in [0.1, 0.15) is 0 Å². The van der Waals surface area contributed by atoms with E-state index in [1.807, 2.05) is 24.3 Å². The van der Waals surface area contributed by atoms with E-state index in [9.17, 15) is 0 Å². The zero-order valence-electron chi connectivity index (χ0n) is 10.9. The maximum absolute atomic E-state index is 5.95. The number of halogens is 1. The van der Waals surface area contributed by atoms with Crippen molar-refractivity contribution in [1.29, 1.82) is 0 Å². The van der Waals surface area contributed by atoms with Gasteiger partial charge in [0.25, 0.3) is 0 Å². The largest absolute Gasteiger partial charge is 0.441 e. The molecule has 1 heterocycles. The lowest BCUT2D eigenvalue weighted by Crippen LogP contribution is -2.21. The van der Waals surface area contributed by atoms with Crippen molar-refractivity contribution in [1.82, 2.24) is 10.3 Å². The summed E-state index contributed by atoms with van der Waals surface area (Å²) in [6.45, 7) is 2.36. The fraction of sp³-hybridized carbons (Fsp3) is 0.357. The van der Waals surface area contributed by atoms with Gasteiger partial charge in [0, 0.05) is 37.2 Å². The Morgan fingerprint density at radius 2 is 2.26 bits per heavy atom. The predicted octanol–water partition coefficient (Wildman–Crippen LogP) is 2.77. The van der Waals surface area contributed by atoms with Crippen molar-refractivity contribution in [3.63, 3.8) is 0 Å². The normalized spacial score (nSPS) is 10.8. The average molecular weight is 281 g/mol. The zero-order chi connectivity index (χ0) is 13.5. The highest BCUT2D eigenvalue weighted by molar-refractivity contribution is 6.30. The topological polar surface area (TPSA) is 47.3 Å². The first-order valence-corrected chi connectivity index (χ1v) is 6.57. The Kier molecular flexibility index (Phi) is 5.39. The number of nitrogens with zero attached hydrogens (tertiary/aromatic N) is 1. The summed E-state index contributed by atoms with van der Waals surface area (Å²) in [6, 6.07) is 7.55. The first kappa shape index (κ1) is 14.1. The van der Waals surface area contributed by atoms with Crippen LogP contribution >= 0.6 is 11.6 Å². The molecule has 0 bridgehead atoms. The molecule has 1 N–H and O–H groups in total. The van der Waals surface area contributed by atoms with Crippen molar-refractivity contribution in [2.24, 2.45) is 0 Å². The van der Waals surface area contributed by atoms with Gasteiger partial charge in [-0.2, -0.15) is 0 Å². The summed E-state index contributed by atoms with van der Waals surface area (Å²) < 4.78 is 10.6. The molecule has 0 aliphatic rings. The van der Waals surface area contributed by atoms with E-state index in [1.54, 1.807) is 13.3 Å². The van der Waals surface area contributed by atoms with Crippen LogP contribution in [-0.4, -0.2) is 31.8 Å². The number of rotatable bonds is 7. The van der Waals surface area contributed by atoms with Gasteiger partial charge in [0.05, 0.1) is 12.8 Å². The standard InChI is InChI=1S/C14H17ClN2O2/c1-18-8-7-16-6-5-14-17-10-13(19-14)11-3-2-4-12(15)9-11/h2-4,9-10,16H,5-8H2,1H3. The molecule has 0 aliphatic heterocycles. The molecule has 1 aromatic carbocycles. The second-order valence-corrected chi connectivity index (χ2v) is 4.56. The minimum atomic E-state index is 0.691. The Balaban J connectivity index is 1.88. The third-order valence-electron chi connectivity index (χ3n) is 2.66. The molecule has 0 saturated heterocycles. The fourth-order valence-corrected chi connectivity index (χ4v) is 1.89. The van der Waals surface area contributed by atoms with Crippen molar-refractivity contribution in [3.05, 3.63) is 41.4 Å². The van der Waals surface area contributed by atoms with Crippen LogP contribution in [0.2, 0.25) is 5.02 Å². The molecule has 5 heteroatoms. The van der Waals surface area contributed by atoms with Gasteiger partial charge >= 0.3 is 0 Å². The van der Waals surface area contributed by atoms with E-state index in [2.05, 4.69) is 10.3 Å². The lowest BCUT2D eigenvalue weighted by Gasteiger charge is -2.01. The Labute approximate surface area is 117 Å². The SMILES string of the molecule is COCCNCCc1ncc(-c2cccc(Cl)c2)o1. The number of methoxy groups -OCH3 is 1. The molecule has 0 atom stereocenters. The third kappa shape index (κ3) is 4.35. The minimum absolute atomic E-state index is 0.691. The highest BCUT2D eigenvalue weighted by Crippen LogP contribution is 2.23. The molecule has 2 rings (SSSR count). The second-order valence-electron chi connectivity index (χ2n) is 4.12. The van der Waals surface area contributed by atoms with E-state index in [0.717, 1.165) is 36.7 Å². The van der Waals surface area contributed by atoms with Crippen LogP contribution in [0.3, 0.4) is 0 Å². The Morgan fingerprint density at radius 3 is 3.05 bits per heavy atom. The van der Waals surface area contributed by atoms with E-state index in [4.69, 9.17) is 20.8 Å². The number of benzene rings is 1. The van der Waals surface area contributed by atoms with Gasteiger partial charge in [-0.25, -0.2) is 4.98 Å². The summed E-state index contributed by atoms with van der Waals surface area (Å²) in [7, 11) is 1.69. The van der Waals surface area contributed by atoms with Crippen molar-refractivity contribution >= 4 is 11.6 Å². The molecule has 4 nitrogen and oxygen atoms in total. The first-order chi connectivity index (χ1) is 9.29. The summed E-state index contributed by atoms with van der Waals surface area (Å²) in [5.41, 5.74) is 0.943. The van der Waals surface area contributed by atoms with E-state index in [-0.39, 0.29) is 0 Å². The van der Waals surface area contributed by atoms with E-state index < -0.39 is 0 Å². The maximum atomic E-state index is 5.95. The third-order valence-corrected chi connectivity index (χ3v) is 2.90. The summed E-state index contributed by atoms with van der Waals surface area (Å²) in [6.07, 6.45) is 2.49. The van der Waals surface area contributed by atoms with Crippen molar-refractivity contribution in [2.45, 2.75) is 6.42 Å². The van der Waals surface area contributed by atoms with Crippen LogP contribution in [0.15, 0.2) is 34.9 Å². The molecular formula is C14H17ClN2O2. The molecule has 19 heavy (non-hydrogen) atoms. The number of hydrogen-bond donors (Lipinski definition) is 1. The highest BCUT2D eigenvalue weighted by Gasteiger charge is 2.06. The number of aromatic nitrogens is 1. The molecule has 102 valence electrons. The summed E-state index contributed by atoms with van der Waals surface area (Å²) in [5.74, 6) is 1.47. The number of nitrogens with one attached hydrogen (secondary N) is 1. The van der Waals surface area contributed by atoms with Crippen LogP contribution in [0, 0.1) is 0 Å². The monoisotopic (exact) mass is 280 g/mol. The molecule has 2 aromatic rings. The average Bonchev–Trinajstić information content (AvgIpc) is 2.87. The molecule has 1 aromatic heterocycles. The van der Waals surface area contributed by atoms with Gasteiger partial charge in [0.15, 0.2) is 11.7 Å². The number of hydrogen-bond acceptors (Lipinski definition) is 4. The van der Waals surface area contributed by atoms with Crippen molar-refractivity contribution in [3.8, 4) is 11.3 Å². The lowest BCUT2D eigenvalue weighted by atomic mass is 10.2. The van der Waals surface area contributed by atoms with Gasteiger partial charge in [-0.1, -0.05) is 23.7 Å². The van der Waals surface area contributed by atoms with Crippen LogP contribution in [0.5, 0.6) is 0 Å². The quantitative estimate of drug-likeness (QED) is 0.792. The van der Waals surface area contributed by atoms with Crippen LogP contribution in [0.4, 0.5) is 0 Å². The van der Waals surface area contributed by atoms with E-state index in [0.29, 0.717) is 11.6 Å². The minimum Gasteiger partial charge on any atom is -0.441 e. The van der Waals surface area contributed by atoms with Gasteiger partial charge in [-0.15, -0.1) is 0 Å². The Morgan fingerprint density at radius 1 is 1.37 bits per heavy atom. The van der Waals surface area contributed by atoms with Crippen molar-refractivity contribution in [2.75, 3.05) is 26.8 Å². The molecule has 0 unspecified atom stereocenters. The summed E-state index contributed by atoms with van der Waals surface area (Å²) in [5, 5.41) is 3.94. The maximum Gasteiger partial charge on any atom is 0.196 e. The highest BCUT2D eigenvalue weighted by atomic mass is 35.5. The zero-order valence-corrected chi connectivity index (χ0v) is 11.6. The van der Waals surface area contributed by atoms with E-state index >= 15 is 0 Å². The van der Waals surface area contributed by atoms with Gasteiger partial charge in [-0.3, -0.25) is 0 Å². The molecule has 0 aliphatic carbocycles. The smallest absolute Gasteiger partial charge is 0.196 e. The Bertz CT molecular complexity index is 514. The molecular weight excluding hydrogens is 264 g/mol. The molecule has 0 radical (unpaired) electrons.